The summed E-state index contributed by atoms with van der Waals surface area (Å²) in [5, 5.41) is 0. The van der Waals surface area contributed by atoms with Crippen LogP contribution in [0, 0.1) is 13.8 Å². The normalized spacial score (nSPS) is 17.4. The van der Waals surface area contributed by atoms with E-state index < -0.39 is 0 Å². The van der Waals surface area contributed by atoms with Gasteiger partial charge in [0.1, 0.15) is 12.4 Å². The van der Waals surface area contributed by atoms with E-state index in [2.05, 4.69) is 36.9 Å². The molecule has 0 aromatic heterocycles. The highest BCUT2D eigenvalue weighted by atomic mass is 16.5. The molecule has 0 saturated carbocycles. The molecular weight excluding hydrogens is 226 g/mol. The van der Waals surface area contributed by atoms with E-state index in [-0.39, 0.29) is 0 Å². The molecule has 0 aliphatic carbocycles. The van der Waals surface area contributed by atoms with E-state index in [9.17, 15) is 0 Å². The van der Waals surface area contributed by atoms with E-state index >= 15 is 0 Å². The summed E-state index contributed by atoms with van der Waals surface area (Å²) in [4.78, 5) is 2.41. The van der Waals surface area contributed by atoms with Gasteiger partial charge in [-0.25, -0.2) is 0 Å². The zero-order chi connectivity index (χ0) is 12.8. The van der Waals surface area contributed by atoms with Gasteiger partial charge in [0.25, 0.3) is 0 Å². The van der Waals surface area contributed by atoms with Gasteiger partial charge in [0.05, 0.1) is 6.61 Å². The highest BCUT2D eigenvalue weighted by molar-refractivity contribution is 5.35. The Morgan fingerprint density at radius 1 is 1.22 bits per heavy atom. The van der Waals surface area contributed by atoms with Crippen molar-refractivity contribution in [3.8, 4) is 5.75 Å². The molecule has 3 heteroatoms. The minimum atomic E-state index is 0.754. The molecule has 18 heavy (non-hydrogen) atoms. The van der Waals surface area contributed by atoms with Crippen molar-refractivity contribution in [1.29, 1.82) is 0 Å². The third-order valence-corrected chi connectivity index (χ3v) is 3.31. The standard InChI is InChI=1S/C15H23NO2/c1-13-4-5-15(14(2)12-13)18-11-8-16-6-3-9-17-10-7-16/h4-5,12H,3,6-11H2,1-2H3. The lowest BCUT2D eigenvalue weighted by molar-refractivity contribution is 0.137. The van der Waals surface area contributed by atoms with E-state index in [1.165, 1.54) is 11.1 Å². The van der Waals surface area contributed by atoms with E-state index in [0.29, 0.717) is 0 Å². The van der Waals surface area contributed by atoms with Crippen molar-refractivity contribution in [3.05, 3.63) is 29.3 Å². The molecule has 1 aliphatic heterocycles. The topological polar surface area (TPSA) is 21.7 Å². The molecule has 100 valence electrons. The van der Waals surface area contributed by atoms with Crippen LogP contribution in [0.2, 0.25) is 0 Å². The highest BCUT2D eigenvalue weighted by Gasteiger charge is 2.09. The van der Waals surface area contributed by atoms with Crippen molar-refractivity contribution < 1.29 is 9.47 Å². The predicted octanol–water partition coefficient (Wildman–Crippen LogP) is 2.40. The summed E-state index contributed by atoms with van der Waals surface area (Å²) in [6, 6.07) is 6.33. The van der Waals surface area contributed by atoms with Crippen molar-refractivity contribution >= 4 is 0 Å². The van der Waals surface area contributed by atoms with Crippen LogP contribution in [0.1, 0.15) is 17.5 Å². The number of hydrogen-bond acceptors (Lipinski definition) is 3. The molecule has 0 unspecified atom stereocenters. The maximum atomic E-state index is 5.85. The molecule has 2 rings (SSSR count). The van der Waals surface area contributed by atoms with Crippen LogP contribution in [0.25, 0.3) is 0 Å². The minimum absolute atomic E-state index is 0.754. The first-order valence-corrected chi connectivity index (χ1v) is 6.76. The minimum Gasteiger partial charge on any atom is -0.492 e. The molecule has 0 N–H and O–H groups in total. The Labute approximate surface area is 110 Å². The third-order valence-electron chi connectivity index (χ3n) is 3.31. The van der Waals surface area contributed by atoms with Gasteiger partial charge in [0.2, 0.25) is 0 Å². The monoisotopic (exact) mass is 249 g/mol. The summed E-state index contributed by atoms with van der Waals surface area (Å²) in [6.07, 6.45) is 1.13. The highest BCUT2D eigenvalue weighted by Crippen LogP contribution is 2.18. The van der Waals surface area contributed by atoms with Crippen molar-refractivity contribution in [3.63, 3.8) is 0 Å². The van der Waals surface area contributed by atoms with Gasteiger partial charge >= 0.3 is 0 Å². The smallest absolute Gasteiger partial charge is 0.122 e. The lowest BCUT2D eigenvalue weighted by Crippen LogP contribution is -2.30. The molecule has 1 heterocycles. The van der Waals surface area contributed by atoms with Gasteiger partial charge in [-0.15, -0.1) is 0 Å². The Bertz CT molecular complexity index is 371. The lowest BCUT2D eigenvalue weighted by atomic mass is 10.1. The molecule has 1 fully saturated rings. The zero-order valence-electron chi connectivity index (χ0n) is 11.4. The molecule has 0 radical (unpaired) electrons. The Hall–Kier alpha value is -1.06. The van der Waals surface area contributed by atoms with Crippen LogP contribution in [-0.2, 0) is 4.74 Å². The van der Waals surface area contributed by atoms with Gasteiger partial charge in [0.15, 0.2) is 0 Å². The van der Waals surface area contributed by atoms with E-state index in [0.717, 1.165) is 51.6 Å². The maximum absolute atomic E-state index is 5.85. The predicted molar refractivity (Wildman–Crippen MR) is 73.3 cm³/mol. The second-order valence-electron chi connectivity index (χ2n) is 4.92. The molecule has 1 saturated heterocycles. The second kappa shape index (κ2) is 6.76. The van der Waals surface area contributed by atoms with Crippen LogP contribution >= 0.6 is 0 Å². The first kappa shape index (κ1) is 13.4. The van der Waals surface area contributed by atoms with Crippen molar-refractivity contribution in [2.45, 2.75) is 20.3 Å². The van der Waals surface area contributed by atoms with Gasteiger partial charge < -0.3 is 9.47 Å². The summed E-state index contributed by atoms with van der Waals surface area (Å²) in [7, 11) is 0. The largest absolute Gasteiger partial charge is 0.492 e. The van der Waals surface area contributed by atoms with E-state index in [4.69, 9.17) is 9.47 Å². The molecule has 3 nitrogen and oxygen atoms in total. The first-order valence-electron chi connectivity index (χ1n) is 6.76. The van der Waals surface area contributed by atoms with Gasteiger partial charge in [-0.3, -0.25) is 4.90 Å². The number of benzene rings is 1. The lowest BCUT2D eigenvalue weighted by Gasteiger charge is -2.19. The van der Waals surface area contributed by atoms with Gasteiger partial charge in [-0.2, -0.15) is 0 Å². The van der Waals surface area contributed by atoms with Crippen LogP contribution in [0.3, 0.4) is 0 Å². The summed E-state index contributed by atoms with van der Waals surface area (Å²) in [5.74, 6) is 1.01. The van der Waals surface area contributed by atoms with Crippen LogP contribution in [0.15, 0.2) is 18.2 Å². The van der Waals surface area contributed by atoms with Gasteiger partial charge in [-0.05, 0) is 31.9 Å². The SMILES string of the molecule is Cc1ccc(OCCN2CCCOCC2)c(C)c1. The van der Waals surface area contributed by atoms with Crippen molar-refractivity contribution in [2.75, 3.05) is 39.5 Å². The molecule has 0 spiro atoms. The Kier molecular flexibility index (Phi) is 5.02. The number of nitrogens with zero attached hydrogens (tertiary/aromatic N) is 1. The van der Waals surface area contributed by atoms with Crippen LogP contribution in [0.4, 0.5) is 0 Å². The number of hydrogen-bond donors (Lipinski definition) is 0. The fraction of sp³-hybridized carbons (Fsp3) is 0.600. The summed E-state index contributed by atoms with van der Waals surface area (Å²) in [6.45, 7) is 9.83. The fourth-order valence-corrected chi connectivity index (χ4v) is 2.27. The van der Waals surface area contributed by atoms with Crippen LogP contribution in [0.5, 0.6) is 5.75 Å². The molecule has 1 aromatic carbocycles. The molecule has 0 amide bonds. The maximum Gasteiger partial charge on any atom is 0.122 e. The molecule has 0 atom stereocenters. The van der Waals surface area contributed by atoms with Gasteiger partial charge in [-0.1, -0.05) is 17.7 Å². The first-order chi connectivity index (χ1) is 8.75. The number of aryl methyl sites for hydroxylation is 2. The Morgan fingerprint density at radius 3 is 2.94 bits per heavy atom. The summed E-state index contributed by atoms with van der Waals surface area (Å²) < 4.78 is 11.3. The molecular formula is C15H23NO2. The number of ether oxygens (including phenoxy) is 2. The molecule has 1 aromatic rings. The van der Waals surface area contributed by atoms with Gasteiger partial charge in [0, 0.05) is 26.2 Å². The summed E-state index contributed by atoms with van der Waals surface area (Å²) >= 11 is 0. The average molecular weight is 249 g/mol. The summed E-state index contributed by atoms with van der Waals surface area (Å²) in [5.41, 5.74) is 2.50. The van der Waals surface area contributed by atoms with Crippen LogP contribution in [-0.4, -0.2) is 44.4 Å². The Balaban J connectivity index is 1.77. The third kappa shape index (κ3) is 4.00. The quantitative estimate of drug-likeness (QED) is 0.818. The van der Waals surface area contributed by atoms with E-state index in [1.54, 1.807) is 0 Å². The zero-order valence-corrected chi connectivity index (χ0v) is 11.4. The van der Waals surface area contributed by atoms with Crippen LogP contribution < -0.4 is 4.74 Å². The molecule has 0 bridgehead atoms. The number of rotatable bonds is 4. The Morgan fingerprint density at radius 2 is 2.11 bits per heavy atom. The molecule has 1 aliphatic rings. The average Bonchev–Trinajstić information content (AvgIpc) is 2.60. The van der Waals surface area contributed by atoms with E-state index in [1.807, 2.05) is 0 Å². The van der Waals surface area contributed by atoms with Crippen molar-refractivity contribution in [2.24, 2.45) is 0 Å². The fourth-order valence-electron chi connectivity index (χ4n) is 2.27. The second-order valence-corrected chi connectivity index (χ2v) is 4.92. The van der Waals surface area contributed by atoms with Crippen molar-refractivity contribution in [1.82, 2.24) is 4.90 Å².